The first-order chi connectivity index (χ1) is 13.7. The van der Waals surface area contributed by atoms with Crippen LogP contribution in [0.25, 0.3) is 0 Å². The maximum Gasteiger partial charge on any atom is 0.155 e. The van der Waals surface area contributed by atoms with Crippen LogP contribution >= 0.6 is 0 Å². The molecule has 4 rings (SSSR count). The van der Waals surface area contributed by atoms with Crippen molar-refractivity contribution in [2.24, 2.45) is 46.3 Å². The smallest absolute Gasteiger partial charge is 0.155 e. The van der Waals surface area contributed by atoms with Gasteiger partial charge in [0.15, 0.2) is 5.78 Å². The standard InChI is InChI=1S/C27H43FO/c1-17(2)7-6-8-18(3)21-9-10-22-20-16-25(28)24-15-19(29)11-13-27(24,5)23(20)12-14-26(21,22)4/h15,17-18,20-23,25H,6-14,16H2,1-5H3/t18-,20+,21-,22+,23+,25-,26-,27-/m1/s1/i28-1. The van der Waals surface area contributed by atoms with Gasteiger partial charge in [0.2, 0.25) is 0 Å². The second-order valence-corrected chi connectivity index (χ2v) is 12.1. The summed E-state index contributed by atoms with van der Waals surface area (Å²) in [4.78, 5) is 12.0. The van der Waals surface area contributed by atoms with Gasteiger partial charge in [0.1, 0.15) is 6.17 Å². The molecule has 0 spiro atoms. The Morgan fingerprint density at radius 3 is 2.55 bits per heavy atom. The third-order valence-electron chi connectivity index (χ3n) is 10.1. The van der Waals surface area contributed by atoms with E-state index in [0.717, 1.165) is 29.7 Å². The minimum absolute atomic E-state index is 0.0709. The minimum Gasteiger partial charge on any atom is -0.295 e. The largest absolute Gasteiger partial charge is 0.295 e. The van der Waals surface area contributed by atoms with E-state index in [2.05, 4.69) is 34.6 Å². The first-order valence-electron chi connectivity index (χ1n) is 12.6. The van der Waals surface area contributed by atoms with Crippen LogP contribution in [-0.2, 0) is 4.79 Å². The molecule has 3 saturated carbocycles. The Balaban J connectivity index is 1.53. The van der Waals surface area contributed by atoms with Crippen molar-refractivity contribution in [3.63, 3.8) is 0 Å². The van der Waals surface area contributed by atoms with Crippen molar-refractivity contribution in [3.8, 4) is 0 Å². The van der Waals surface area contributed by atoms with Gasteiger partial charge in [0, 0.05) is 6.42 Å². The molecule has 0 bridgehead atoms. The van der Waals surface area contributed by atoms with Gasteiger partial charge in [-0.2, -0.15) is 0 Å². The van der Waals surface area contributed by atoms with Crippen LogP contribution in [-0.4, -0.2) is 12.0 Å². The lowest BCUT2D eigenvalue weighted by Gasteiger charge is -2.59. The summed E-state index contributed by atoms with van der Waals surface area (Å²) in [5.74, 6) is 4.36. The Morgan fingerprint density at radius 1 is 1.07 bits per heavy atom. The molecule has 0 radical (unpaired) electrons. The minimum atomic E-state index is -0.893. The van der Waals surface area contributed by atoms with Gasteiger partial charge in [-0.1, -0.05) is 53.9 Å². The maximum absolute atomic E-state index is 15.4. The molecule has 164 valence electrons. The number of hydrogen-bond acceptors (Lipinski definition) is 1. The Labute approximate surface area is 178 Å². The van der Waals surface area contributed by atoms with Gasteiger partial charge in [0.05, 0.1) is 0 Å². The number of rotatable bonds is 5. The molecule has 3 fully saturated rings. The second-order valence-electron chi connectivity index (χ2n) is 12.1. The fourth-order valence-electron chi connectivity index (χ4n) is 8.58. The van der Waals surface area contributed by atoms with E-state index < -0.39 is 6.17 Å². The molecule has 0 unspecified atom stereocenters. The summed E-state index contributed by atoms with van der Waals surface area (Å²) in [5, 5.41) is 0. The highest BCUT2D eigenvalue weighted by Crippen LogP contribution is 2.68. The monoisotopic (exact) mass is 401 g/mol. The van der Waals surface area contributed by atoms with Crippen LogP contribution in [0, 0.1) is 46.3 Å². The van der Waals surface area contributed by atoms with Crippen LogP contribution in [0.2, 0.25) is 0 Å². The molecule has 0 amide bonds. The van der Waals surface area contributed by atoms with Crippen LogP contribution in [0.5, 0.6) is 0 Å². The molecule has 8 atom stereocenters. The van der Waals surface area contributed by atoms with E-state index in [1.165, 1.54) is 44.9 Å². The average Bonchev–Trinajstić information content (AvgIpc) is 3.00. The third-order valence-corrected chi connectivity index (χ3v) is 10.1. The summed E-state index contributed by atoms with van der Waals surface area (Å²) < 4.78 is 15.4. The lowest BCUT2D eigenvalue weighted by molar-refractivity contribution is -0.118. The fourth-order valence-corrected chi connectivity index (χ4v) is 8.58. The predicted octanol–water partition coefficient (Wildman–Crippen LogP) is 7.54. The molecule has 1 nitrogen and oxygen atoms in total. The lowest BCUT2D eigenvalue weighted by atomic mass is 9.46. The average molecular weight is 402 g/mol. The van der Waals surface area contributed by atoms with Crippen molar-refractivity contribution in [3.05, 3.63) is 11.6 Å². The zero-order valence-electron chi connectivity index (χ0n) is 19.5. The van der Waals surface area contributed by atoms with Gasteiger partial charge in [-0.3, -0.25) is 4.79 Å². The van der Waals surface area contributed by atoms with Gasteiger partial charge in [-0.25, -0.2) is 4.39 Å². The van der Waals surface area contributed by atoms with Crippen molar-refractivity contribution in [2.45, 2.75) is 105 Å². The van der Waals surface area contributed by atoms with Crippen LogP contribution in [0.15, 0.2) is 11.6 Å². The Bertz CT molecular complexity index is 665. The molecule has 0 aromatic carbocycles. The summed E-state index contributed by atoms with van der Waals surface area (Å²) >= 11 is 0. The number of carbonyl (C=O) groups excluding carboxylic acids is 1. The molecular weight excluding hydrogens is 358 g/mol. The molecule has 29 heavy (non-hydrogen) atoms. The molecular formula is C27H43FO. The topological polar surface area (TPSA) is 17.1 Å². The van der Waals surface area contributed by atoms with Crippen molar-refractivity contribution >= 4 is 5.78 Å². The Hall–Kier alpha value is -0.660. The molecule has 0 aromatic heterocycles. The third kappa shape index (κ3) is 3.55. The normalized spacial score (nSPS) is 45.4. The number of halogens is 1. The summed E-state index contributed by atoms with van der Waals surface area (Å²) in [7, 11) is 0. The highest BCUT2D eigenvalue weighted by Gasteiger charge is 2.61. The van der Waals surface area contributed by atoms with Crippen LogP contribution in [0.1, 0.15) is 98.8 Å². The summed E-state index contributed by atoms with van der Waals surface area (Å²) in [6.45, 7) is 12.0. The molecule has 0 aliphatic heterocycles. The molecule has 0 saturated heterocycles. The van der Waals surface area contributed by atoms with Crippen molar-refractivity contribution in [2.75, 3.05) is 0 Å². The first kappa shape index (κ1) is 21.6. The zero-order valence-corrected chi connectivity index (χ0v) is 19.5. The highest BCUT2D eigenvalue weighted by molar-refractivity contribution is 5.91. The summed E-state index contributed by atoms with van der Waals surface area (Å²) in [6, 6.07) is 0. The summed E-state index contributed by atoms with van der Waals surface area (Å²) in [6.07, 6.45) is 12.2. The Morgan fingerprint density at radius 2 is 1.83 bits per heavy atom. The van der Waals surface area contributed by atoms with E-state index in [0.29, 0.717) is 36.0 Å². The number of hydrogen-bond donors (Lipinski definition) is 0. The molecule has 0 heterocycles. The first-order valence-corrected chi connectivity index (χ1v) is 12.6. The van der Waals surface area contributed by atoms with Gasteiger partial charge in [-0.05, 0) is 96.5 Å². The van der Waals surface area contributed by atoms with Crippen LogP contribution in [0.3, 0.4) is 0 Å². The highest BCUT2D eigenvalue weighted by atomic mass is 18.2. The number of alkyl halides is 1. The van der Waals surface area contributed by atoms with Gasteiger partial charge in [0.25, 0.3) is 0 Å². The van der Waals surface area contributed by atoms with E-state index in [1.807, 2.05) is 0 Å². The second kappa shape index (κ2) is 7.79. The molecule has 4 aliphatic rings. The van der Waals surface area contributed by atoms with E-state index in [9.17, 15) is 4.79 Å². The maximum atomic E-state index is 15.4. The number of allylic oxidation sites excluding steroid dienone is 1. The number of carbonyl (C=O) groups is 1. The molecule has 2 heteroatoms. The van der Waals surface area contributed by atoms with Gasteiger partial charge < -0.3 is 0 Å². The van der Waals surface area contributed by atoms with Gasteiger partial charge in [-0.15, -0.1) is 0 Å². The zero-order chi connectivity index (χ0) is 21.0. The van der Waals surface area contributed by atoms with Gasteiger partial charge >= 0.3 is 0 Å². The van der Waals surface area contributed by atoms with Crippen LogP contribution < -0.4 is 0 Å². The fraction of sp³-hybridized carbons (Fsp3) is 0.889. The van der Waals surface area contributed by atoms with Crippen molar-refractivity contribution in [1.29, 1.82) is 0 Å². The van der Waals surface area contributed by atoms with E-state index >= 15 is 4.39 Å². The predicted molar refractivity (Wildman–Crippen MR) is 118 cm³/mol. The van der Waals surface area contributed by atoms with E-state index in [-0.39, 0.29) is 11.2 Å². The molecule has 0 aromatic rings. The van der Waals surface area contributed by atoms with Crippen LogP contribution in [0.4, 0.5) is 4.39 Å². The quantitative estimate of drug-likeness (QED) is 0.465. The Kier molecular flexibility index (Phi) is 5.79. The van der Waals surface area contributed by atoms with Crippen molar-refractivity contribution < 1.29 is 9.18 Å². The summed E-state index contributed by atoms with van der Waals surface area (Å²) in [5.41, 5.74) is 1.19. The SMILES string of the molecule is CC(C)CCC[C@@H](C)[C@H]1CC[C@H]2[C@@H]3C[C@@H]([18F])C4=CC(=O)CC[C@]4(C)[C@H]3CC[C@]12C. The molecule has 0 N–H and O–H groups in total. The van der Waals surface area contributed by atoms with E-state index in [4.69, 9.17) is 0 Å². The molecule has 4 aliphatic carbocycles. The number of ketones is 1. The van der Waals surface area contributed by atoms with E-state index in [1.54, 1.807) is 6.08 Å². The lowest BCUT2D eigenvalue weighted by Crippen LogP contribution is -2.53. The van der Waals surface area contributed by atoms with Crippen molar-refractivity contribution in [1.82, 2.24) is 0 Å². The number of fused-ring (bicyclic) bond motifs is 5.